The number of amides is 3. The molecule has 1 aromatic carbocycles. The van der Waals surface area contributed by atoms with Gasteiger partial charge in [0.1, 0.15) is 5.60 Å². The zero-order chi connectivity index (χ0) is 18.6. The van der Waals surface area contributed by atoms with Gasteiger partial charge in [0.15, 0.2) is 0 Å². The lowest BCUT2D eigenvalue weighted by molar-refractivity contribution is 0.0174. The number of nitrogens with one attached hydrogen (secondary N) is 1. The molecule has 2 rings (SSSR count). The molecule has 0 atom stereocenters. The first-order chi connectivity index (χ1) is 11.7. The Hall–Kier alpha value is -1.76. The van der Waals surface area contributed by atoms with Crippen molar-refractivity contribution in [2.24, 2.45) is 0 Å². The largest absolute Gasteiger partial charge is 0.444 e. The highest BCUT2D eigenvalue weighted by Crippen LogP contribution is 2.22. The standard InChI is InChI=1S/C18H26BrN3O3/c1-5-13-12-14(19)6-7-15(13)20-16(23)21-8-10-22(11-9-21)17(24)25-18(2,3)4/h6-7,12H,5,8-11H2,1-4H3,(H,20,23). The fourth-order valence-electron chi connectivity index (χ4n) is 2.59. The predicted octanol–water partition coefficient (Wildman–Crippen LogP) is 4.10. The molecule has 1 fully saturated rings. The van der Waals surface area contributed by atoms with E-state index >= 15 is 0 Å². The van der Waals surface area contributed by atoms with E-state index in [9.17, 15) is 9.59 Å². The van der Waals surface area contributed by atoms with Gasteiger partial charge in [-0.1, -0.05) is 22.9 Å². The van der Waals surface area contributed by atoms with E-state index in [0.717, 1.165) is 22.1 Å². The van der Waals surface area contributed by atoms with E-state index in [-0.39, 0.29) is 12.1 Å². The van der Waals surface area contributed by atoms with E-state index < -0.39 is 5.60 Å². The van der Waals surface area contributed by atoms with Gasteiger partial charge in [-0.15, -0.1) is 0 Å². The Labute approximate surface area is 157 Å². The van der Waals surface area contributed by atoms with E-state index in [1.807, 2.05) is 39.0 Å². The molecule has 6 nitrogen and oxygen atoms in total. The van der Waals surface area contributed by atoms with Crippen molar-refractivity contribution in [2.75, 3.05) is 31.5 Å². The van der Waals surface area contributed by atoms with Gasteiger partial charge in [-0.25, -0.2) is 9.59 Å². The van der Waals surface area contributed by atoms with Crippen LogP contribution in [-0.2, 0) is 11.2 Å². The third-order valence-electron chi connectivity index (χ3n) is 3.91. The minimum absolute atomic E-state index is 0.138. The molecule has 1 aliphatic heterocycles. The molecule has 0 aliphatic carbocycles. The molecule has 0 aromatic heterocycles. The number of nitrogens with zero attached hydrogens (tertiary/aromatic N) is 2. The van der Waals surface area contributed by atoms with Crippen LogP contribution in [0.3, 0.4) is 0 Å². The molecule has 1 aromatic rings. The number of rotatable bonds is 2. The molecular weight excluding hydrogens is 386 g/mol. The Kier molecular flexibility index (Phi) is 6.32. The summed E-state index contributed by atoms with van der Waals surface area (Å²) in [6.07, 6.45) is 0.510. The smallest absolute Gasteiger partial charge is 0.410 e. The number of hydrogen-bond donors (Lipinski definition) is 1. The second-order valence-electron chi connectivity index (χ2n) is 7.04. The van der Waals surface area contributed by atoms with E-state index in [1.165, 1.54) is 0 Å². The van der Waals surface area contributed by atoms with Gasteiger partial charge in [-0.2, -0.15) is 0 Å². The minimum Gasteiger partial charge on any atom is -0.444 e. The summed E-state index contributed by atoms with van der Waals surface area (Å²) in [6.45, 7) is 9.52. The van der Waals surface area contributed by atoms with Gasteiger partial charge in [-0.05, 0) is 51.0 Å². The van der Waals surface area contributed by atoms with Gasteiger partial charge in [0, 0.05) is 36.3 Å². The van der Waals surface area contributed by atoms with Crippen LogP contribution in [0, 0.1) is 0 Å². The summed E-state index contributed by atoms with van der Waals surface area (Å²) >= 11 is 3.45. The molecule has 1 aliphatic rings. The zero-order valence-corrected chi connectivity index (χ0v) is 16.9. The summed E-state index contributed by atoms with van der Waals surface area (Å²) in [6, 6.07) is 5.68. The Bertz CT molecular complexity index is 635. The van der Waals surface area contributed by atoms with E-state index in [1.54, 1.807) is 9.80 Å². The minimum atomic E-state index is -0.510. The van der Waals surface area contributed by atoms with Crippen LogP contribution in [-0.4, -0.2) is 53.7 Å². The zero-order valence-electron chi connectivity index (χ0n) is 15.3. The highest BCUT2D eigenvalue weighted by molar-refractivity contribution is 9.10. The summed E-state index contributed by atoms with van der Waals surface area (Å²) in [4.78, 5) is 27.9. The van der Waals surface area contributed by atoms with Crippen LogP contribution < -0.4 is 5.32 Å². The van der Waals surface area contributed by atoms with Gasteiger partial charge < -0.3 is 19.9 Å². The van der Waals surface area contributed by atoms with Crippen molar-refractivity contribution in [1.29, 1.82) is 0 Å². The van der Waals surface area contributed by atoms with Crippen molar-refractivity contribution in [3.63, 3.8) is 0 Å². The van der Waals surface area contributed by atoms with E-state index in [4.69, 9.17) is 4.74 Å². The van der Waals surface area contributed by atoms with E-state index in [0.29, 0.717) is 26.2 Å². The molecule has 1 N–H and O–H groups in total. The number of aryl methyl sites for hydroxylation is 1. The van der Waals surface area contributed by atoms with Gasteiger partial charge in [0.25, 0.3) is 0 Å². The lowest BCUT2D eigenvalue weighted by atomic mass is 10.1. The Morgan fingerprint density at radius 1 is 1.16 bits per heavy atom. The van der Waals surface area contributed by atoms with Crippen LogP contribution in [0.15, 0.2) is 22.7 Å². The number of urea groups is 1. The molecule has 25 heavy (non-hydrogen) atoms. The lowest BCUT2D eigenvalue weighted by Gasteiger charge is -2.35. The van der Waals surface area contributed by atoms with Crippen molar-refractivity contribution in [3.05, 3.63) is 28.2 Å². The molecule has 0 radical (unpaired) electrons. The second kappa shape index (κ2) is 8.08. The quantitative estimate of drug-likeness (QED) is 0.796. The maximum atomic E-state index is 12.5. The van der Waals surface area contributed by atoms with Crippen molar-refractivity contribution >= 4 is 33.7 Å². The average Bonchev–Trinajstić information content (AvgIpc) is 2.55. The van der Waals surface area contributed by atoms with Crippen LogP contribution in [0.2, 0.25) is 0 Å². The Morgan fingerprint density at radius 2 is 1.76 bits per heavy atom. The number of carbonyl (C=O) groups is 2. The molecule has 0 saturated carbocycles. The maximum Gasteiger partial charge on any atom is 0.410 e. The SMILES string of the molecule is CCc1cc(Br)ccc1NC(=O)N1CCN(C(=O)OC(C)(C)C)CC1. The number of anilines is 1. The van der Waals surface area contributed by atoms with Crippen LogP contribution in [0.5, 0.6) is 0 Å². The highest BCUT2D eigenvalue weighted by Gasteiger charge is 2.27. The third kappa shape index (κ3) is 5.63. The Balaban J connectivity index is 1.90. The first kappa shape index (κ1) is 19.6. The fraction of sp³-hybridized carbons (Fsp3) is 0.556. The summed E-state index contributed by atoms with van der Waals surface area (Å²) in [5, 5.41) is 2.97. The predicted molar refractivity (Wildman–Crippen MR) is 102 cm³/mol. The first-order valence-electron chi connectivity index (χ1n) is 8.52. The molecule has 0 bridgehead atoms. The van der Waals surface area contributed by atoms with Gasteiger partial charge in [0.05, 0.1) is 0 Å². The number of carbonyl (C=O) groups excluding carboxylic acids is 2. The van der Waals surface area contributed by atoms with Gasteiger partial charge in [-0.3, -0.25) is 0 Å². The summed E-state index contributed by atoms with van der Waals surface area (Å²) in [7, 11) is 0. The van der Waals surface area contributed by atoms with Crippen LogP contribution in [0.25, 0.3) is 0 Å². The topological polar surface area (TPSA) is 61.9 Å². The molecule has 1 heterocycles. The monoisotopic (exact) mass is 411 g/mol. The van der Waals surface area contributed by atoms with Gasteiger partial charge >= 0.3 is 12.1 Å². The summed E-state index contributed by atoms with van der Waals surface area (Å²) in [5.41, 5.74) is 1.39. The first-order valence-corrected chi connectivity index (χ1v) is 9.31. The van der Waals surface area contributed by atoms with E-state index in [2.05, 4.69) is 28.2 Å². The maximum absolute atomic E-state index is 12.5. The molecule has 1 saturated heterocycles. The second-order valence-corrected chi connectivity index (χ2v) is 7.96. The van der Waals surface area contributed by atoms with Crippen molar-refractivity contribution in [3.8, 4) is 0 Å². The fourth-order valence-corrected chi connectivity index (χ4v) is 3.00. The number of piperazine rings is 1. The van der Waals surface area contributed by atoms with Crippen molar-refractivity contribution < 1.29 is 14.3 Å². The average molecular weight is 412 g/mol. The molecule has 0 unspecified atom stereocenters. The number of benzene rings is 1. The summed E-state index contributed by atoms with van der Waals surface area (Å²) in [5.74, 6) is 0. The molecule has 7 heteroatoms. The van der Waals surface area contributed by atoms with Crippen molar-refractivity contribution in [1.82, 2.24) is 9.80 Å². The van der Waals surface area contributed by atoms with Crippen LogP contribution in [0.4, 0.5) is 15.3 Å². The van der Waals surface area contributed by atoms with Crippen LogP contribution in [0.1, 0.15) is 33.3 Å². The van der Waals surface area contributed by atoms with Crippen LogP contribution >= 0.6 is 15.9 Å². The highest BCUT2D eigenvalue weighted by atomic mass is 79.9. The van der Waals surface area contributed by atoms with Crippen molar-refractivity contribution in [2.45, 2.75) is 39.7 Å². The normalized spacial score (nSPS) is 15.1. The van der Waals surface area contributed by atoms with Gasteiger partial charge in [0.2, 0.25) is 0 Å². The lowest BCUT2D eigenvalue weighted by Crippen LogP contribution is -2.52. The number of halogens is 1. The number of hydrogen-bond acceptors (Lipinski definition) is 3. The number of ether oxygens (including phenoxy) is 1. The molecular formula is C18H26BrN3O3. The molecule has 3 amide bonds. The molecule has 0 spiro atoms. The Morgan fingerprint density at radius 3 is 2.32 bits per heavy atom. The summed E-state index contributed by atoms with van der Waals surface area (Å²) < 4.78 is 6.37. The molecule has 138 valence electrons. The third-order valence-corrected chi connectivity index (χ3v) is 4.40.